The van der Waals surface area contributed by atoms with Gasteiger partial charge in [-0.3, -0.25) is 4.79 Å². The Labute approximate surface area is 129 Å². The van der Waals surface area contributed by atoms with E-state index >= 15 is 0 Å². The van der Waals surface area contributed by atoms with Gasteiger partial charge in [-0.05, 0) is 24.6 Å². The molecule has 0 aromatic heterocycles. The Bertz CT molecular complexity index is 567. The fraction of sp³-hybridized carbons (Fsp3) is 0.462. The van der Waals surface area contributed by atoms with Gasteiger partial charge in [-0.1, -0.05) is 36.2 Å². The quantitative estimate of drug-likeness (QED) is 0.867. The van der Waals surface area contributed by atoms with Crippen molar-refractivity contribution in [3.8, 4) is 0 Å². The van der Waals surface area contributed by atoms with Gasteiger partial charge in [0.15, 0.2) is 9.84 Å². The van der Waals surface area contributed by atoms with Gasteiger partial charge in [0.1, 0.15) is 0 Å². The number of halogens is 2. The molecule has 0 aliphatic heterocycles. The monoisotopic (exact) mass is 337 g/mol. The second kappa shape index (κ2) is 7.29. The van der Waals surface area contributed by atoms with E-state index in [1.54, 1.807) is 32.0 Å². The topological polar surface area (TPSA) is 63.2 Å². The molecule has 0 aliphatic rings. The van der Waals surface area contributed by atoms with E-state index in [0.29, 0.717) is 15.6 Å². The summed E-state index contributed by atoms with van der Waals surface area (Å²) < 4.78 is 22.9. The Hall–Kier alpha value is -0.780. The molecule has 0 aliphatic carbocycles. The first-order valence-electron chi connectivity index (χ1n) is 6.18. The Kier molecular flexibility index (Phi) is 6.30. The highest BCUT2D eigenvalue weighted by Gasteiger charge is 2.17. The van der Waals surface area contributed by atoms with Gasteiger partial charge in [0.2, 0.25) is 5.91 Å². The molecule has 4 nitrogen and oxygen atoms in total. The van der Waals surface area contributed by atoms with Crippen molar-refractivity contribution in [2.45, 2.75) is 26.3 Å². The summed E-state index contributed by atoms with van der Waals surface area (Å²) >= 11 is 12.0. The predicted octanol–water partition coefficient (Wildman–Crippen LogP) is 2.48. The number of benzene rings is 1. The molecule has 1 atom stereocenters. The Morgan fingerprint density at radius 3 is 2.35 bits per heavy atom. The summed E-state index contributed by atoms with van der Waals surface area (Å²) in [6.45, 7) is 3.23. The zero-order valence-electron chi connectivity index (χ0n) is 11.3. The lowest BCUT2D eigenvalue weighted by molar-refractivity contribution is -0.120. The minimum atomic E-state index is -3.12. The van der Waals surface area contributed by atoms with Gasteiger partial charge < -0.3 is 5.32 Å². The molecular weight excluding hydrogens is 321 g/mol. The van der Waals surface area contributed by atoms with Gasteiger partial charge in [0.25, 0.3) is 0 Å². The van der Waals surface area contributed by atoms with Crippen LogP contribution in [0.5, 0.6) is 0 Å². The van der Waals surface area contributed by atoms with Gasteiger partial charge in [-0.25, -0.2) is 8.42 Å². The first-order valence-corrected chi connectivity index (χ1v) is 8.75. The van der Waals surface area contributed by atoms with Crippen molar-refractivity contribution in [3.05, 3.63) is 33.8 Å². The summed E-state index contributed by atoms with van der Waals surface area (Å²) in [6, 6.07) is 4.55. The van der Waals surface area contributed by atoms with Gasteiger partial charge >= 0.3 is 0 Å². The average molecular weight is 338 g/mol. The number of sulfone groups is 1. The van der Waals surface area contributed by atoms with Crippen LogP contribution in [-0.4, -0.2) is 31.9 Å². The maximum absolute atomic E-state index is 11.9. The summed E-state index contributed by atoms with van der Waals surface area (Å²) in [5.74, 6) is -0.325. The summed E-state index contributed by atoms with van der Waals surface area (Å²) in [5.41, 5.74) is 0.541. The first-order chi connectivity index (χ1) is 9.25. The van der Waals surface area contributed by atoms with Crippen molar-refractivity contribution < 1.29 is 13.2 Å². The minimum absolute atomic E-state index is 0.0228. The van der Waals surface area contributed by atoms with Crippen molar-refractivity contribution in [2.24, 2.45) is 0 Å². The van der Waals surface area contributed by atoms with Crippen molar-refractivity contribution in [1.82, 2.24) is 5.32 Å². The van der Waals surface area contributed by atoms with E-state index in [9.17, 15) is 13.2 Å². The van der Waals surface area contributed by atoms with Crippen molar-refractivity contribution in [3.63, 3.8) is 0 Å². The second-order valence-electron chi connectivity index (χ2n) is 4.54. The highest BCUT2D eigenvalue weighted by molar-refractivity contribution is 7.91. The Morgan fingerprint density at radius 2 is 1.85 bits per heavy atom. The van der Waals surface area contributed by atoms with Crippen molar-refractivity contribution >= 4 is 38.9 Å². The molecule has 0 fully saturated rings. The van der Waals surface area contributed by atoms with Crippen LogP contribution in [0.25, 0.3) is 0 Å². The normalized spacial score (nSPS) is 13.0. The molecule has 0 spiro atoms. The summed E-state index contributed by atoms with van der Waals surface area (Å²) in [4.78, 5) is 11.9. The van der Waals surface area contributed by atoms with Gasteiger partial charge in [0.05, 0.1) is 12.2 Å². The minimum Gasteiger partial charge on any atom is -0.352 e. The number of hydrogen-bond acceptors (Lipinski definition) is 3. The Morgan fingerprint density at radius 1 is 1.30 bits per heavy atom. The molecule has 1 aromatic carbocycles. The lowest BCUT2D eigenvalue weighted by atomic mass is 10.1. The van der Waals surface area contributed by atoms with Crippen LogP contribution in [0, 0.1) is 0 Å². The van der Waals surface area contributed by atoms with Crippen LogP contribution in [0.3, 0.4) is 0 Å². The van der Waals surface area contributed by atoms with Crippen LogP contribution in [0.4, 0.5) is 0 Å². The molecule has 7 heteroatoms. The molecule has 1 rings (SSSR count). The SMILES string of the molecule is CCS(=O)(=O)CC(C)NC(=O)Cc1c(Cl)cccc1Cl. The molecule has 0 bridgehead atoms. The largest absolute Gasteiger partial charge is 0.352 e. The molecule has 1 amide bonds. The third-order valence-electron chi connectivity index (χ3n) is 2.75. The average Bonchev–Trinajstić information content (AvgIpc) is 2.33. The van der Waals surface area contributed by atoms with Crippen LogP contribution in [0.15, 0.2) is 18.2 Å². The van der Waals surface area contributed by atoms with E-state index in [1.807, 2.05) is 0 Å². The van der Waals surface area contributed by atoms with E-state index in [-0.39, 0.29) is 23.8 Å². The number of amides is 1. The molecule has 0 heterocycles. The molecule has 0 saturated carbocycles. The zero-order valence-corrected chi connectivity index (χ0v) is 13.6. The molecule has 1 aromatic rings. The van der Waals surface area contributed by atoms with Gasteiger partial charge in [0, 0.05) is 21.8 Å². The summed E-state index contributed by atoms with van der Waals surface area (Å²) in [5, 5.41) is 3.47. The predicted molar refractivity (Wildman–Crippen MR) is 82.1 cm³/mol. The van der Waals surface area contributed by atoms with Crippen LogP contribution in [0.1, 0.15) is 19.4 Å². The second-order valence-corrected chi connectivity index (χ2v) is 7.76. The fourth-order valence-electron chi connectivity index (χ4n) is 1.73. The van der Waals surface area contributed by atoms with Crippen molar-refractivity contribution in [1.29, 1.82) is 0 Å². The van der Waals surface area contributed by atoms with Crippen LogP contribution < -0.4 is 5.32 Å². The van der Waals surface area contributed by atoms with E-state index in [0.717, 1.165) is 0 Å². The highest BCUT2D eigenvalue weighted by Crippen LogP contribution is 2.24. The lowest BCUT2D eigenvalue weighted by Gasteiger charge is -2.14. The van der Waals surface area contributed by atoms with Crippen LogP contribution in [0.2, 0.25) is 10.0 Å². The highest BCUT2D eigenvalue weighted by atomic mass is 35.5. The van der Waals surface area contributed by atoms with E-state index in [2.05, 4.69) is 5.32 Å². The van der Waals surface area contributed by atoms with Gasteiger partial charge in [-0.15, -0.1) is 0 Å². The van der Waals surface area contributed by atoms with Crippen LogP contribution in [-0.2, 0) is 21.1 Å². The van der Waals surface area contributed by atoms with Crippen LogP contribution >= 0.6 is 23.2 Å². The fourth-order valence-corrected chi connectivity index (χ4v) is 3.34. The van der Waals surface area contributed by atoms with E-state index < -0.39 is 15.9 Å². The standard InChI is InChI=1S/C13H17Cl2NO3S/c1-3-20(18,19)8-9(2)16-13(17)7-10-11(14)5-4-6-12(10)15/h4-6,9H,3,7-8H2,1-2H3,(H,16,17). The van der Waals surface area contributed by atoms with E-state index in [4.69, 9.17) is 23.2 Å². The molecule has 1 N–H and O–H groups in total. The van der Waals surface area contributed by atoms with E-state index in [1.165, 1.54) is 0 Å². The number of hydrogen-bond donors (Lipinski definition) is 1. The zero-order chi connectivity index (χ0) is 15.3. The Balaban J connectivity index is 2.65. The first kappa shape index (κ1) is 17.3. The maximum Gasteiger partial charge on any atom is 0.224 e. The maximum atomic E-state index is 11.9. The molecule has 20 heavy (non-hydrogen) atoms. The third-order valence-corrected chi connectivity index (χ3v) is 5.35. The lowest BCUT2D eigenvalue weighted by Crippen LogP contribution is -2.38. The third kappa shape index (κ3) is 5.31. The molecule has 112 valence electrons. The number of rotatable bonds is 6. The molecule has 0 radical (unpaired) electrons. The molecular formula is C13H17Cl2NO3S. The smallest absolute Gasteiger partial charge is 0.224 e. The number of carbonyl (C=O) groups excluding carboxylic acids is 1. The van der Waals surface area contributed by atoms with Gasteiger partial charge in [-0.2, -0.15) is 0 Å². The number of carbonyl (C=O) groups is 1. The summed E-state index contributed by atoms with van der Waals surface area (Å²) in [6.07, 6.45) is 0.0228. The van der Waals surface area contributed by atoms with Crippen molar-refractivity contribution in [2.75, 3.05) is 11.5 Å². The molecule has 1 unspecified atom stereocenters. The number of nitrogens with one attached hydrogen (secondary N) is 1. The summed E-state index contributed by atoms with van der Waals surface area (Å²) in [7, 11) is -3.12. The molecule has 0 saturated heterocycles.